The van der Waals surface area contributed by atoms with Crippen LogP contribution in [0, 0.1) is 17.2 Å². The van der Waals surface area contributed by atoms with Crippen LogP contribution in [-0.4, -0.2) is 16.3 Å². The Bertz CT molecular complexity index is 484. The third-order valence-electron chi connectivity index (χ3n) is 3.07. The Kier molecular flexibility index (Phi) is 4.35. The summed E-state index contributed by atoms with van der Waals surface area (Å²) in [6, 6.07) is 3.69. The number of unbranched alkanes of at least 4 members (excludes halogenated alkanes) is 2. The Balaban J connectivity index is 1.84. The van der Waals surface area contributed by atoms with Gasteiger partial charge in [0.25, 0.3) is 5.56 Å². The molecule has 0 amide bonds. The Labute approximate surface area is 106 Å². The molecular formula is C13H18N4O. The molecule has 0 unspecified atom stereocenters. The van der Waals surface area contributed by atoms with Crippen molar-refractivity contribution in [1.82, 2.24) is 9.78 Å². The number of aryl methyl sites for hydroxylation is 1. The van der Waals surface area contributed by atoms with Crippen molar-refractivity contribution in [2.24, 2.45) is 5.92 Å². The molecule has 96 valence electrons. The highest BCUT2D eigenvalue weighted by Gasteiger charge is 2.20. The van der Waals surface area contributed by atoms with Crippen molar-refractivity contribution < 1.29 is 0 Å². The molecule has 0 saturated heterocycles. The molecule has 0 aromatic carbocycles. The maximum Gasteiger partial charge on any atom is 0.268 e. The summed E-state index contributed by atoms with van der Waals surface area (Å²) in [5.41, 5.74) is 0.730. The number of hydrogen-bond acceptors (Lipinski definition) is 4. The zero-order valence-corrected chi connectivity index (χ0v) is 10.4. The van der Waals surface area contributed by atoms with Crippen molar-refractivity contribution >= 4 is 5.69 Å². The van der Waals surface area contributed by atoms with E-state index in [4.69, 9.17) is 5.26 Å². The highest BCUT2D eigenvalue weighted by Crippen LogP contribution is 2.28. The Morgan fingerprint density at radius 1 is 1.50 bits per heavy atom. The van der Waals surface area contributed by atoms with Gasteiger partial charge in [-0.05, 0) is 31.6 Å². The smallest absolute Gasteiger partial charge is 0.268 e. The minimum absolute atomic E-state index is 0.0762. The molecule has 0 aliphatic heterocycles. The standard InChI is InChI=1S/C13H18N4O/c14-6-2-1-3-7-17-13(18)8-12(10-16-17)15-9-11-4-5-11/h8,10-11,15H,1-5,7,9H2. The van der Waals surface area contributed by atoms with Crippen LogP contribution in [0.15, 0.2) is 17.1 Å². The van der Waals surface area contributed by atoms with E-state index < -0.39 is 0 Å². The Morgan fingerprint density at radius 2 is 2.33 bits per heavy atom. The molecule has 1 fully saturated rings. The van der Waals surface area contributed by atoms with Gasteiger partial charge in [-0.3, -0.25) is 4.79 Å². The molecular weight excluding hydrogens is 228 g/mol. The number of anilines is 1. The molecule has 1 aliphatic carbocycles. The van der Waals surface area contributed by atoms with Gasteiger partial charge in [-0.15, -0.1) is 0 Å². The van der Waals surface area contributed by atoms with Gasteiger partial charge in [-0.1, -0.05) is 0 Å². The van der Waals surface area contributed by atoms with Crippen LogP contribution in [0.4, 0.5) is 5.69 Å². The minimum atomic E-state index is -0.0762. The molecule has 1 aromatic heterocycles. The van der Waals surface area contributed by atoms with Gasteiger partial charge >= 0.3 is 0 Å². The van der Waals surface area contributed by atoms with Crippen molar-refractivity contribution in [2.45, 2.75) is 38.6 Å². The van der Waals surface area contributed by atoms with Crippen LogP contribution in [0.5, 0.6) is 0 Å². The fraction of sp³-hybridized carbons (Fsp3) is 0.615. The number of rotatable bonds is 7. The van der Waals surface area contributed by atoms with Crippen molar-refractivity contribution in [3.8, 4) is 6.07 Å². The summed E-state index contributed by atoms with van der Waals surface area (Å²) in [7, 11) is 0. The van der Waals surface area contributed by atoms with Crippen LogP contribution in [0.25, 0.3) is 0 Å². The quantitative estimate of drug-likeness (QED) is 0.744. The van der Waals surface area contributed by atoms with Gasteiger partial charge in [0.05, 0.1) is 18.0 Å². The molecule has 18 heavy (non-hydrogen) atoms. The molecule has 1 N–H and O–H groups in total. The molecule has 1 saturated carbocycles. The first kappa shape index (κ1) is 12.6. The van der Waals surface area contributed by atoms with Crippen LogP contribution in [0.3, 0.4) is 0 Å². The molecule has 0 atom stereocenters. The van der Waals surface area contributed by atoms with Gasteiger partial charge in [-0.25, -0.2) is 4.68 Å². The summed E-state index contributed by atoms with van der Waals surface area (Å²) in [6.45, 7) is 1.52. The molecule has 0 bridgehead atoms. The predicted molar refractivity (Wildman–Crippen MR) is 69.2 cm³/mol. The second-order valence-electron chi connectivity index (χ2n) is 4.75. The second kappa shape index (κ2) is 6.20. The SMILES string of the molecule is N#CCCCCn1ncc(NCC2CC2)cc1=O. The largest absolute Gasteiger partial charge is 0.383 e. The lowest BCUT2D eigenvalue weighted by Crippen LogP contribution is -2.22. The highest BCUT2D eigenvalue weighted by atomic mass is 16.1. The fourth-order valence-corrected chi connectivity index (χ4v) is 1.75. The molecule has 1 heterocycles. The lowest BCUT2D eigenvalue weighted by Gasteiger charge is -2.07. The number of hydrogen-bond donors (Lipinski definition) is 1. The van der Waals surface area contributed by atoms with Crippen LogP contribution in [0.1, 0.15) is 32.1 Å². The summed E-state index contributed by atoms with van der Waals surface area (Å²) in [6.07, 6.45) is 6.44. The van der Waals surface area contributed by atoms with Crippen molar-refractivity contribution in [3.63, 3.8) is 0 Å². The molecule has 0 radical (unpaired) electrons. The van der Waals surface area contributed by atoms with Crippen LogP contribution in [0.2, 0.25) is 0 Å². The van der Waals surface area contributed by atoms with Gasteiger partial charge in [0.15, 0.2) is 0 Å². The van der Waals surface area contributed by atoms with E-state index in [1.807, 2.05) is 0 Å². The van der Waals surface area contributed by atoms with Gasteiger partial charge in [0, 0.05) is 25.6 Å². The predicted octanol–water partition coefficient (Wildman–Crippen LogP) is 1.76. The molecule has 5 heteroatoms. The molecule has 1 aromatic rings. The summed E-state index contributed by atoms with van der Waals surface area (Å²) in [5, 5.41) is 15.8. The number of nitriles is 1. The summed E-state index contributed by atoms with van der Waals surface area (Å²) >= 11 is 0. The second-order valence-corrected chi connectivity index (χ2v) is 4.75. The Morgan fingerprint density at radius 3 is 3.00 bits per heavy atom. The van der Waals surface area contributed by atoms with Gasteiger partial charge in [0.1, 0.15) is 0 Å². The maximum atomic E-state index is 11.8. The number of nitrogens with one attached hydrogen (secondary N) is 1. The third-order valence-corrected chi connectivity index (χ3v) is 3.07. The van der Waals surface area contributed by atoms with E-state index >= 15 is 0 Å². The number of aromatic nitrogens is 2. The van der Waals surface area contributed by atoms with E-state index in [0.29, 0.717) is 13.0 Å². The molecule has 1 aliphatic rings. The summed E-state index contributed by atoms with van der Waals surface area (Å²) < 4.78 is 1.46. The van der Waals surface area contributed by atoms with E-state index in [2.05, 4.69) is 16.5 Å². The van der Waals surface area contributed by atoms with E-state index in [0.717, 1.165) is 31.0 Å². The van der Waals surface area contributed by atoms with Gasteiger partial charge in [0.2, 0.25) is 0 Å². The van der Waals surface area contributed by atoms with E-state index in [9.17, 15) is 4.79 Å². The van der Waals surface area contributed by atoms with E-state index in [1.54, 1.807) is 12.3 Å². The van der Waals surface area contributed by atoms with Crippen molar-refractivity contribution in [3.05, 3.63) is 22.6 Å². The first-order chi connectivity index (χ1) is 8.79. The molecule has 2 rings (SSSR count). The van der Waals surface area contributed by atoms with Crippen molar-refractivity contribution in [2.75, 3.05) is 11.9 Å². The highest BCUT2D eigenvalue weighted by molar-refractivity contribution is 5.38. The van der Waals surface area contributed by atoms with Gasteiger partial charge in [-0.2, -0.15) is 10.4 Å². The van der Waals surface area contributed by atoms with Crippen molar-refractivity contribution in [1.29, 1.82) is 5.26 Å². The van der Waals surface area contributed by atoms with Crippen LogP contribution >= 0.6 is 0 Å². The first-order valence-electron chi connectivity index (χ1n) is 6.47. The molecule has 5 nitrogen and oxygen atoms in total. The fourth-order valence-electron chi connectivity index (χ4n) is 1.75. The monoisotopic (exact) mass is 246 g/mol. The lowest BCUT2D eigenvalue weighted by atomic mass is 10.2. The average molecular weight is 246 g/mol. The zero-order chi connectivity index (χ0) is 12.8. The topological polar surface area (TPSA) is 70.7 Å². The Hall–Kier alpha value is -1.83. The third kappa shape index (κ3) is 3.88. The van der Waals surface area contributed by atoms with Crippen LogP contribution < -0.4 is 10.9 Å². The van der Waals surface area contributed by atoms with E-state index in [1.165, 1.54) is 17.5 Å². The first-order valence-corrected chi connectivity index (χ1v) is 6.47. The summed E-state index contributed by atoms with van der Waals surface area (Å²) in [4.78, 5) is 11.8. The average Bonchev–Trinajstić information content (AvgIpc) is 3.18. The lowest BCUT2D eigenvalue weighted by molar-refractivity contribution is 0.535. The number of nitrogens with zero attached hydrogens (tertiary/aromatic N) is 3. The molecule has 0 spiro atoms. The van der Waals surface area contributed by atoms with Crippen LogP contribution in [-0.2, 0) is 6.54 Å². The van der Waals surface area contributed by atoms with Gasteiger partial charge < -0.3 is 5.32 Å². The summed E-state index contributed by atoms with van der Waals surface area (Å²) in [5.74, 6) is 0.776. The maximum absolute atomic E-state index is 11.8. The van der Waals surface area contributed by atoms with E-state index in [-0.39, 0.29) is 5.56 Å². The zero-order valence-electron chi connectivity index (χ0n) is 10.4. The normalized spacial score (nSPS) is 14.2. The minimum Gasteiger partial charge on any atom is -0.383 e.